The monoisotopic (exact) mass is 451 g/mol. The topological polar surface area (TPSA) is 104 Å². The number of ether oxygens (including phenoxy) is 3. The van der Waals surface area contributed by atoms with E-state index in [-0.39, 0.29) is 18.8 Å². The van der Waals surface area contributed by atoms with Crippen LogP contribution in [0.25, 0.3) is 11.2 Å². The first-order valence-electron chi connectivity index (χ1n) is 11.8. The van der Waals surface area contributed by atoms with E-state index in [0.717, 1.165) is 38.6 Å². The van der Waals surface area contributed by atoms with Gasteiger partial charge in [-0.2, -0.15) is 0 Å². The van der Waals surface area contributed by atoms with Crippen LogP contribution in [0.5, 0.6) is 0 Å². The maximum absolute atomic E-state index is 9.94. The third kappa shape index (κ3) is 3.78. The first-order chi connectivity index (χ1) is 16.3. The molecule has 1 aliphatic carbocycles. The lowest BCUT2D eigenvalue weighted by Crippen LogP contribution is -2.37. The summed E-state index contributed by atoms with van der Waals surface area (Å²) in [5.41, 5.74) is 2.61. The Morgan fingerprint density at radius 2 is 1.85 bits per heavy atom. The number of aliphatic hydroxyl groups excluding tert-OH is 1. The van der Waals surface area contributed by atoms with Crippen molar-refractivity contribution in [3.05, 3.63) is 48.5 Å². The standard InChI is InChI=1S/C24H29N5O4/c30-13-17-19-20(33-24(32-19)10-5-2-6-11-24)23(31-17)29-15-28-18-21(26-14-27-22(18)29)25-12-9-16-7-3-1-4-8-16/h1,3-4,7-8,14-15,17,19-20,23,30H,2,5-6,9-13H2,(H,25,26,27)/t17-,19?,20?,23-/m1/s1. The summed E-state index contributed by atoms with van der Waals surface area (Å²) in [6.07, 6.45) is 7.76. The van der Waals surface area contributed by atoms with Crippen molar-refractivity contribution in [2.24, 2.45) is 0 Å². The number of hydrogen-bond donors (Lipinski definition) is 2. The molecule has 174 valence electrons. The minimum Gasteiger partial charge on any atom is -0.394 e. The molecule has 3 aromatic rings. The summed E-state index contributed by atoms with van der Waals surface area (Å²) in [5.74, 6) is 0.133. The van der Waals surface area contributed by atoms with Crippen LogP contribution in [-0.2, 0) is 20.6 Å². The van der Waals surface area contributed by atoms with E-state index < -0.39 is 18.1 Å². The molecule has 2 aromatic heterocycles. The highest BCUT2D eigenvalue weighted by Crippen LogP contribution is 2.48. The number of aliphatic hydroxyl groups is 1. The van der Waals surface area contributed by atoms with E-state index >= 15 is 0 Å². The summed E-state index contributed by atoms with van der Waals surface area (Å²) >= 11 is 0. The number of fused-ring (bicyclic) bond motifs is 2. The van der Waals surface area contributed by atoms with Crippen LogP contribution < -0.4 is 5.32 Å². The highest BCUT2D eigenvalue weighted by Gasteiger charge is 2.58. The Morgan fingerprint density at radius 1 is 1.03 bits per heavy atom. The van der Waals surface area contributed by atoms with E-state index in [9.17, 15) is 5.11 Å². The van der Waals surface area contributed by atoms with E-state index in [1.54, 1.807) is 6.33 Å². The summed E-state index contributed by atoms with van der Waals surface area (Å²) in [4.78, 5) is 13.5. The van der Waals surface area contributed by atoms with Crippen LogP contribution in [0, 0.1) is 0 Å². The van der Waals surface area contributed by atoms with Crippen LogP contribution in [0.1, 0.15) is 43.9 Å². The minimum atomic E-state index is -0.557. The second-order valence-corrected chi connectivity index (χ2v) is 9.09. The van der Waals surface area contributed by atoms with Crippen LogP contribution in [0.15, 0.2) is 43.0 Å². The van der Waals surface area contributed by atoms with E-state index in [0.29, 0.717) is 17.0 Å². The number of anilines is 1. The Bertz CT molecular complexity index is 1100. The molecule has 3 aliphatic rings. The molecule has 1 aromatic carbocycles. The summed E-state index contributed by atoms with van der Waals surface area (Å²) in [6, 6.07) is 10.3. The fourth-order valence-corrected chi connectivity index (χ4v) is 5.33. The van der Waals surface area contributed by atoms with Gasteiger partial charge in [0.25, 0.3) is 0 Å². The summed E-state index contributed by atoms with van der Waals surface area (Å²) in [6.45, 7) is 0.616. The third-order valence-electron chi connectivity index (χ3n) is 6.96. The second kappa shape index (κ2) is 8.64. The van der Waals surface area contributed by atoms with Crippen molar-refractivity contribution in [3.63, 3.8) is 0 Å². The minimum absolute atomic E-state index is 0.120. The van der Waals surface area contributed by atoms with E-state index in [1.165, 1.54) is 18.3 Å². The molecule has 4 atom stereocenters. The summed E-state index contributed by atoms with van der Waals surface area (Å²) in [7, 11) is 0. The smallest absolute Gasteiger partial charge is 0.169 e. The lowest BCUT2D eigenvalue weighted by molar-refractivity contribution is -0.232. The molecular formula is C24H29N5O4. The van der Waals surface area contributed by atoms with Gasteiger partial charge in [-0.25, -0.2) is 15.0 Å². The molecule has 9 nitrogen and oxygen atoms in total. The first kappa shape index (κ1) is 21.0. The van der Waals surface area contributed by atoms with Gasteiger partial charge in [-0.15, -0.1) is 0 Å². The molecule has 0 bridgehead atoms. The Hall–Kier alpha value is -2.59. The van der Waals surface area contributed by atoms with Crippen molar-refractivity contribution < 1.29 is 19.3 Å². The molecule has 2 unspecified atom stereocenters. The number of benzene rings is 1. The normalized spacial score (nSPS) is 28.4. The quantitative estimate of drug-likeness (QED) is 0.590. The van der Waals surface area contributed by atoms with Gasteiger partial charge >= 0.3 is 0 Å². The highest BCUT2D eigenvalue weighted by atomic mass is 16.8. The maximum Gasteiger partial charge on any atom is 0.169 e. The van der Waals surface area contributed by atoms with Gasteiger partial charge in [0.05, 0.1) is 12.9 Å². The van der Waals surface area contributed by atoms with Crippen LogP contribution in [0.3, 0.4) is 0 Å². The number of aromatic nitrogens is 4. The van der Waals surface area contributed by atoms with Gasteiger partial charge in [-0.05, 0) is 24.8 Å². The fourth-order valence-electron chi connectivity index (χ4n) is 5.33. The predicted octanol–water partition coefficient (Wildman–Crippen LogP) is 2.82. The van der Waals surface area contributed by atoms with Gasteiger partial charge in [0.1, 0.15) is 24.6 Å². The SMILES string of the molecule is OC[C@H]1O[C@@H](n2cnc3c(NCCc4ccccc4)ncnc32)C2OC3(CCCCC3)OC21. The zero-order valence-corrected chi connectivity index (χ0v) is 18.5. The Morgan fingerprint density at radius 3 is 2.67 bits per heavy atom. The van der Waals surface area contributed by atoms with Gasteiger partial charge in [0.2, 0.25) is 0 Å². The molecule has 2 N–H and O–H groups in total. The fraction of sp³-hybridized carbons (Fsp3) is 0.542. The van der Waals surface area contributed by atoms with Crippen LogP contribution >= 0.6 is 0 Å². The molecule has 1 saturated carbocycles. The molecule has 2 aliphatic heterocycles. The van der Waals surface area contributed by atoms with Crippen molar-refractivity contribution in [2.45, 2.75) is 68.9 Å². The number of imidazole rings is 1. The zero-order valence-electron chi connectivity index (χ0n) is 18.5. The zero-order chi connectivity index (χ0) is 22.3. The van der Waals surface area contributed by atoms with Crippen molar-refractivity contribution in [1.82, 2.24) is 19.5 Å². The van der Waals surface area contributed by atoms with Gasteiger partial charge in [-0.1, -0.05) is 36.8 Å². The molecule has 0 amide bonds. The average molecular weight is 452 g/mol. The summed E-state index contributed by atoms with van der Waals surface area (Å²) < 4.78 is 21.0. The van der Waals surface area contributed by atoms with Gasteiger partial charge in [-0.3, -0.25) is 4.57 Å². The Balaban J connectivity index is 1.24. The van der Waals surface area contributed by atoms with E-state index in [1.807, 2.05) is 22.8 Å². The van der Waals surface area contributed by atoms with Crippen molar-refractivity contribution in [2.75, 3.05) is 18.5 Å². The summed E-state index contributed by atoms with van der Waals surface area (Å²) in [5, 5.41) is 13.3. The number of nitrogens with one attached hydrogen (secondary N) is 1. The molecule has 33 heavy (non-hydrogen) atoms. The lowest BCUT2D eigenvalue weighted by Gasteiger charge is -2.34. The number of hydrogen-bond acceptors (Lipinski definition) is 8. The molecule has 6 rings (SSSR count). The Kier molecular flexibility index (Phi) is 5.49. The number of rotatable bonds is 6. The molecule has 2 saturated heterocycles. The Labute approximate surface area is 192 Å². The largest absolute Gasteiger partial charge is 0.394 e. The van der Waals surface area contributed by atoms with Crippen molar-refractivity contribution in [3.8, 4) is 0 Å². The van der Waals surface area contributed by atoms with Gasteiger partial charge in [0.15, 0.2) is 29.0 Å². The molecular weight excluding hydrogens is 422 g/mol. The van der Waals surface area contributed by atoms with Crippen LogP contribution in [-0.4, -0.2) is 61.9 Å². The molecule has 3 fully saturated rings. The van der Waals surface area contributed by atoms with Crippen molar-refractivity contribution in [1.29, 1.82) is 0 Å². The van der Waals surface area contributed by atoms with Crippen LogP contribution in [0.4, 0.5) is 5.82 Å². The molecule has 0 radical (unpaired) electrons. The third-order valence-corrected chi connectivity index (χ3v) is 6.96. The van der Waals surface area contributed by atoms with Crippen molar-refractivity contribution >= 4 is 17.0 Å². The second-order valence-electron chi connectivity index (χ2n) is 9.09. The van der Waals surface area contributed by atoms with E-state index in [2.05, 4.69) is 32.4 Å². The maximum atomic E-state index is 9.94. The molecule has 9 heteroatoms. The first-order valence-corrected chi connectivity index (χ1v) is 11.8. The highest BCUT2D eigenvalue weighted by molar-refractivity contribution is 5.82. The lowest BCUT2D eigenvalue weighted by atomic mass is 9.94. The van der Waals surface area contributed by atoms with Crippen LogP contribution in [0.2, 0.25) is 0 Å². The number of nitrogens with zero attached hydrogens (tertiary/aromatic N) is 4. The predicted molar refractivity (Wildman–Crippen MR) is 121 cm³/mol. The molecule has 1 spiro atoms. The van der Waals surface area contributed by atoms with Gasteiger partial charge < -0.3 is 24.6 Å². The molecule has 4 heterocycles. The van der Waals surface area contributed by atoms with Gasteiger partial charge in [0, 0.05) is 19.4 Å². The van der Waals surface area contributed by atoms with E-state index in [4.69, 9.17) is 14.2 Å². The average Bonchev–Trinajstić information content (AvgIpc) is 3.52.